The molecule has 0 saturated heterocycles. The second-order valence-corrected chi connectivity index (χ2v) is 2.75. The first-order chi connectivity index (χ1) is 5.77. The highest BCUT2D eigenvalue weighted by Crippen LogP contribution is 2.22. The molecule has 0 spiro atoms. The Morgan fingerprint density at radius 2 is 2.08 bits per heavy atom. The summed E-state index contributed by atoms with van der Waals surface area (Å²) in [6, 6.07) is 3.34. The minimum Gasteiger partial charge on any atom is -0.506 e. The minimum absolute atomic E-state index is 0.122. The second-order valence-electron chi connectivity index (χ2n) is 2.36. The molecule has 1 N–H and O–H groups in total. The smallest absolute Gasteiger partial charge is 0.143 e. The van der Waals surface area contributed by atoms with Crippen LogP contribution in [0.3, 0.4) is 0 Å². The Balaban J connectivity index is 2.86. The lowest BCUT2D eigenvalue weighted by Gasteiger charge is -1.98. The molecule has 12 heavy (non-hydrogen) atoms. The van der Waals surface area contributed by atoms with E-state index >= 15 is 0 Å². The first-order valence-electron chi connectivity index (χ1n) is 3.36. The molecule has 0 unspecified atom stereocenters. The molecule has 2 aromatic rings. The number of rotatable bonds is 0. The van der Waals surface area contributed by atoms with Crippen molar-refractivity contribution in [3.63, 3.8) is 0 Å². The summed E-state index contributed by atoms with van der Waals surface area (Å²) in [5, 5.41) is 10.4. The van der Waals surface area contributed by atoms with Gasteiger partial charge in [-0.3, -0.25) is 4.98 Å². The van der Waals surface area contributed by atoms with Crippen molar-refractivity contribution in [1.82, 2.24) is 9.97 Å². The van der Waals surface area contributed by atoms with E-state index in [2.05, 4.69) is 9.97 Å². The van der Waals surface area contributed by atoms with Crippen molar-refractivity contribution < 1.29 is 5.11 Å². The monoisotopic (exact) mass is 180 g/mol. The Morgan fingerprint density at radius 3 is 2.92 bits per heavy atom. The summed E-state index contributed by atoms with van der Waals surface area (Å²) < 4.78 is 0. The second kappa shape index (κ2) is 2.60. The van der Waals surface area contributed by atoms with Gasteiger partial charge >= 0.3 is 0 Å². The first kappa shape index (κ1) is 7.31. The molecule has 0 amide bonds. The van der Waals surface area contributed by atoms with E-state index in [0.29, 0.717) is 16.1 Å². The lowest BCUT2D eigenvalue weighted by Crippen LogP contribution is -1.81. The van der Waals surface area contributed by atoms with Crippen molar-refractivity contribution in [2.24, 2.45) is 0 Å². The fraction of sp³-hybridized carbons (Fsp3) is 0. The maximum Gasteiger partial charge on any atom is 0.143 e. The van der Waals surface area contributed by atoms with E-state index in [1.54, 1.807) is 18.3 Å². The predicted molar refractivity (Wildman–Crippen MR) is 46.2 cm³/mol. The highest BCUT2D eigenvalue weighted by Gasteiger charge is 2.00. The molecule has 0 saturated carbocycles. The van der Waals surface area contributed by atoms with Gasteiger partial charge in [0.2, 0.25) is 0 Å². The third kappa shape index (κ3) is 1.08. The van der Waals surface area contributed by atoms with E-state index in [9.17, 15) is 5.11 Å². The summed E-state index contributed by atoms with van der Waals surface area (Å²) in [4.78, 5) is 7.76. The highest BCUT2D eigenvalue weighted by molar-refractivity contribution is 6.29. The van der Waals surface area contributed by atoms with Crippen LogP contribution in [0.15, 0.2) is 24.5 Å². The van der Waals surface area contributed by atoms with Crippen LogP contribution in [0.1, 0.15) is 0 Å². The third-order valence-electron chi connectivity index (χ3n) is 1.56. The topological polar surface area (TPSA) is 46.0 Å². The predicted octanol–water partition coefficient (Wildman–Crippen LogP) is 1.99. The molecule has 2 aromatic heterocycles. The maximum absolute atomic E-state index is 9.32. The Morgan fingerprint density at radius 1 is 1.25 bits per heavy atom. The van der Waals surface area contributed by atoms with E-state index < -0.39 is 0 Å². The van der Waals surface area contributed by atoms with Crippen LogP contribution in [-0.2, 0) is 0 Å². The number of aromatic nitrogens is 2. The van der Waals surface area contributed by atoms with Crippen LogP contribution >= 0.6 is 11.6 Å². The number of pyridine rings is 2. The molecule has 0 radical (unpaired) electrons. The van der Waals surface area contributed by atoms with Crippen LogP contribution in [0.2, 0.25) is 5.15 Å². The van der Waals surface area contributed by atoms with Gasteiger partial charge in [0.05, 0.1) is 17.9 Å². The van der Waals surface area contributed by atoms with Gasteiger partial charge in [0.1, 0.15) is 10.9 Å². The average Bonchev–Trinajstić information content (AvgIpc) is 2.04. The summed E-state index contributed by atoms with van der Waals surface area (Å²) in [6.07, 6.45) is 2.93. The molecule has 60 valence electrons. The number of hydrogen-bond donors (Lipinski definition) is 1. The first-order valence-corrected chi connectivity index (χ1v) is 3.74. The number of nitrogens with zero attached hydrogens (tertiary/aromatic N) is 2. The van der Waals surface area contributed by atoms with E-state index in [4.69, 9.17) is 11.6 Å². The maximum atomic E-state index is 9.32. The fourth-order valence-electron chi connectivity index (χ4n) is 1.01. The molecule has 2 heterocycles. The van der Waals surface area contributed by atoms with E-state index in [1.165, 1.54) is 6.20 Å². The van der Waals surface area contributed by atoms with Gasteiger partial charge in [-0.25, -0.2) is 4.98 Å². The van der Waals surface area contributed by atoms with Gasteiger partial charge in [0, 0.05) is 5.39 Å². The molecule has 0 atom stereocenters. The van der Waals surface area contributed by atoms with Gasteiger partial charge in [0.25, 0.3) is 0 Å². The van der Waals surface area contributed by atoms with E-state index in [0.717, 1.165) is 0 Å². The Hall–Kier alpha value is -1.35. The van der Waals surface area contributed by atoms with E-state index in [1.807, 2.05) is 0 Å². The molecule has 2 rings (SSSR count). The Bertz CT molecular complexity index is 430. The fourth-order valence-corrected chi connectivity index (χ4v) is 1.17. The summed E-state index contributed by atoms with van der Waals surface area (Å²) in [7, 11) is 0. The van der Waals surface area contributed by atoms with Crippen molar-refractivity contribution in [2.45, 2.75) is 0 Å². The van der Waals surface area contributed by atoms with Gasteiger partial charge in [-0.2, -0.15) is 0 Å². The molecule has 0 fully saturated rings. The average molecular weight is 181 g/mol. The van der Waals surface area contributed by atoms with Crippen LogP contribution < -0.4 is 0 Å². The van der Waals surface area contributed by atoms with Crippen molar-refractivity contribution in [3.8, 4) is 5.75 Å². The zero-order chi connectivity index (χ0) is 8.55. The van der Waals surface area contributed by atoms with Crippen LogP contribution in [0.5, 0.6) is 5.75 Å². The van der Waals surface area contributed by atoms with Gasteiger partial charge in [-0.15, -0.1) is 0 Å². The van der Waals surface area contributed by atoms with E-state index in [-0.39, 0.29) is 5.75 Å². The molecular weight excluding hydrogens is 176 g/mol. The molecule has 0 aliphatic heterocycles. The van der Waals surface area contributed by atoms with Gasteiger partial charge in [-0.1, -0.05) is 11.6 Å². The van der Waals surface area contributed by atoms with Crippen LogP contribution in [0.25, 0.3) is 10.9 Å². The Kier molecular flexibility index (Phi) is 1.59. The lowest BCUT2D eigenvalue weighted by molar-refractivity contribution is 0.479. The largest absolute Gasteiger partial charge is 0.506 e. The normalized spacial score (nSPS) is 10.4. The number of fused-ring (bicyclic) bond motifs is 1. The lowest BCUT2D eigenvalue weighted by atomic mass is 10.2. The molecule has 0 aromatic carbocycles. The standard InChI is InChI=1S/C8H5ClN2O/c9-8-2-1-5-6(11-8)3-10-4-7(5)12/h1-4,12H. The molecule has 0 aliphatic carbocycles. The molecule has 0 bridgehead atoms. The number of aromatic hydroxyl groups is 1. The van der Waals surface area contributed by atoms with Crippen LogP contribution in [0, 0.1) is 0 Å². The molecule has 3 nitrogen and oxygen atoms in total. The highest BCUT2D eigenvalue weighted by atomic mass is 35.5. The quantitative estimate of drug-likeness (QED) is 0.631. The SMILES string of the molecule is Oc1cncc2nc(Cl)ccc12. The molecule has 4 heteroatoms. The summed E-state index contributed by atoms with van der Waals surface area (Å²) >= 11 is 5.65. The van der Waals surface area contributed by atoms with Crippen molar-refractivity contribution in [3.05, 3.63) is 29.7 Å². The zero-order valence-electron chi connectivity index (χ0n) is 6.03. The van der Waals surface area contributed by atoms with Crippen molar-refractivity contribution >= 4 is 22.5 Å². The summed E-state index contributed by atoms with van der Waals surface area (Å²) in [5.74, 6) is 0.122. The van der Waals surface area contributed by atoms with Gasteiger partial charge in [-0.05, 0) is 12.1 Å². The third-order valence-corrected chi connectivity index (χ3v) is 1.77. The van der Waals surface area contributed by atoms with Crippen LogP contribution in [0.4, 0.5) is 0 Å². The van der Waals surface area contributed by atoms with Gasteiger partial charge < -0.3 is 5.11 Å². The van der Waals surface area contributed by atoms with Crippen molar-refractivity contribution in [2.75, 3.05) is 0 Å². The van der Waals surface area contributed by atoms with Gasteiger partial charge in [0.15, 0.2) is 0 Å². The summed E-state index contributed by atoms with van der Waals surface area (Å²) in [6.45, 7) is 0. The molecular formula is C8H5ClN2O. The summed E-state index contributed by atoms with van der Waals surface area (Å²) in [5.41, 5.74) is 0.600. The minimum atomic E-state index is 0.122. The zero-order valence-corrected chi connectivity index (χ0v) is 6.78. The number of hydrogen-bond acceptors (Lipinski definition) is 3. The van der Waals surface area contributed by atoms with Crippen molar-refractivity contribution in [1.29, 1.82) is 0 Å². The molecule has 0 aliphatic rings. The number of halogens is 1. The van der Waals surface area contributed by atoms with Crippen LogP contribution in [-0.4, -0.2) is 15.1 Å². The Labute approximate surface area is 73.6 Å².